The molecule has 1 heterocycles. The van der Waals surface area contributed by atoms with E-state index in [0.717, 1.165) is 5.75 Å². The summed E-state index contributed by atoms with van der Waals surface area (Å²) in [4.78, 5) is 0. The molecule has 2 aliphatic rings. The number of rotatable bonds is 2. The molecule has 1 aromatic rings. The zero-order valence-corrected chi connectivity index (χ0v) is 9.28. The number of aromatic hydroxyl groups is 1. The van der Waals surface area contributed by atoms with Crippen LogP contribution in [0.25, 0.3) is 0 Å². The molecule has 3 heteroatoms. The van der Waals surface area contributed by atoms with Crippen LogP contribution in [0, 0.1) is 0 Å². The minimum absolute atomic E-state index is 0.278. The predicted octanol–water partition coefficient (Wildman–Crippen LogP) is 2.36. The summed E-state index contributed by atoms with van der Waals surface area (Å²) in [6.45, 7) is 0.690. The van der Waals surface area contributed by atoms with Crippen molar-refractivity contribution in [1.29, 1.82) is 0 Å². The molecule has 1 atom stereocenters. The van der Waals surface area contributed by atoms with Crippen LogP contribution in [0.2, 0.25) is 0 Å². The van der Waals surface area contributed by atoms with Crippen molar-refractivity contribution in [2.24, 2.45) is 0 Å². The van der Waals surface area contributed by atoms with Gasteiger partial charge in [0.2, 0.25) is 0 Å². The van der Waals surface area contributed by atoms with Gasteiger partial charge in [-0.25, -0.2) is 0 Å². The fourth-order valence-corrected chi connectivity index (χ4v) is 2.71. The summed E-state index contributed by atoms with van der Waals surface area (Å²) in [5, 5.41) is 13.0. The summed E-state index contributed by atoms with van der Waals surface area (Å²) >= 11 is 0. The molecule has 1 aliphatic heterocycles. The Kier molecular flexibility index (Phi) is 2.48. The molecule has 1 unspecified atom stereocenters. The van der Waals surface area contributed by atoms with Crippen molar-refractivity contribution < 1.29 is 9.84 Å². The van der Waals surface area contributed by atoms with Crippen molar-refractivity contribution >= 4 is 0 Å². The number of phenolic OH excluding ortho intramolecular Hbond substituents is 1. The van der Waals surface area contributed by atoms with Crippen LogP contribution in [-0.2, 0) is 0 Å². The van der Waals surface area contributed by atoms with Crippen LogP contribution in [0.1, 0.15) is 37.3 Å². The molecule has 1 fully saturated rings. The second-order valence-corrected chi connectivity index (χ2v) is 4.73. The minimum atomic E-state index is 0.278. The number of benzene rings is 1. The number of phenols is 1. The first-order valence-corrected chi connectivity index (χ1v) is 6.05. The van der Waals surface area contributed by atoms with Gasteiger partial charge in [-0.15, -0.1) is 0 Å². The average Bonchev–Trinajstić information content (AvgIpc) is 2.89. The van der Waals surface area contributed by atoms with Crippen molar-refractivity contribution in [3.8, 4) is 11.5 Å². The van der Waals surface area contributed by atoms with Crippen molar-refractivity contribution in [2.45, 2.75) is 37.8 Å². The number of hydrogen-bond donors (Lipinski definition) is 2. The van der Waals surface area contributed by atoms with E-state index in [1.165, 1.54) is 31.2 Å². The van der Waals surface area contributed by atoms with Gasteiger partial charge in [-0.2, -0.15) is 0 Å². The molecule has 3 rings (SSSR count). The topological polar surface area (TPSA) is 41.5 Å². The van der Waals surface area contributed by atoms with Gasteiger partial charge < -0.3 is 15.2 Å². The summed E-state index contributed by atoms with van der Waals surface area (Å²) in [5.74, 6) is 1.11. The van der Waals surface area contributed by atoms with Crippen molar-refractivity contribution in [3.63, 3.8) is 0 Å². The highest BCUT2D eigenvalue weighted by Gasteiger charge is 2.27. The van der Waals surface area contributed by atoms with E-state index < -0.39 is 0 Å². The van der Waals surface area contributed by atoms with Gasteiger partial charge in [-0.1, -0.05) is 12.8 Å². The van der Waals surface area contributed by atoms with Gasteiger partial charge in [0.15, 0.2) is 0 Å². The van der Waals surface area contributed by atoms with Crippen molar-refractivity contribution in [3.05, 3.63) is 23.8 Å². The van der Waals surface area contributed by atoms with E-state index in [2.05, 4.69) is 5.32 Å². The Bertz CT molecular complexity index is 386. The monoisotopic (exact) mass is 219 g/mol. The number of nitrogens with one attached hydrogen (secondary N) is 1. The van der Waals surface area contributed by atoms with Gasteiger partial charge in [-0.3, -0.25) is 0 Å². The maximum Gasteiger partial charge on any atom is 0.127 e. The highest BCUT2D eigenvalue weighted by Crippen LogP contribution is 2.36. The molecule has 0 spiro atoms. The molecule has 1 aliphatic carbocycles. The second kappa shape index (κ2) is 3.98. The van der Waals surface area contributed by atoms with Crippen LogP contribution in [0.3, 0.4) is 0 Å². The van der Waals surface area contributed by atoms with Gasteiger partial charge in [0.25, 0.3) is 0 Å². The third-order valence-corrected chi connectivity index (χ3v) is 3.57. The van der Waals surface area contributed by atoms with E-state index in [1.54, 1.807) is 12.1 Å². The third kappa shape index (κ3) is 1.76. The first kappa shape index (κ1) is 9.97. The maximum absolute atomic E-state index is 9.37. The third-order valence-electron chi connectivity index (χ3n) is 3.57. The lowest BCUT2D eigenvalue weighted by Crippen LogP contribution is -2.31. The zero-order valence-electron chi connectivity index (χ0n) is 9.28. The first-order chi connectivity index (χ1) is 7.83. The van der Waals surface area contributed by atoms with Crippen LogP contribution in [0.4, 0.5) is 0 Å². The molecule has 3 nitrogen and oxygen atoms in total. The van der Waals surface area contributed by atoms with Crippen molar-refractivity contribution in [1.82, 2.24) is 5.32 Å². The van der Waals surface area contributed by atoms with E-state index in [-0.39, 0.29) is 5.75 Å². The Morgan fingerprint density at radius 1 is 1.25 bits per heavy atom. The van der Waals surface area contributed by atoms with E-state index in [4.69, 9.17) is 4.74 Å². The Hall–Kier alpha value is -1.22. The van der Waals surface area contributed by atoms with Gasteiger partial charge in [0, 0.05) is 17.7 Å². The zero-order chi connectivity index (χ0) is 11.0. The lowest BCUT2D eigenvalue weighted by molar-refractivity contribution is 0.296. The first-order valence-electron chi connectivity index (χ1n) is 6.05. The summed E-state index contributed by atoms with van der Waals surface area (Å²) in [6, 6.07) is 6.35. The Morgan fingerprint density at radius 2 is 2.06 bits per heavy atom. The number of fused-ring (bicyclic) bond motifs is 1. The Balaban J connectivity index is 1.75. The van der Waals surface area contributed by atoms with E-state index in [0.29, 0.717) is 18.7 Å². The molecule has 2 N–H and O–H groups in total. The van der Waals surface area contributed by atoms with Gasteiger partial charge in [0.05, 0.1) is 6.04 Å². The summed E-state index contributed by atoms with van der Waals surface area (Å²) in [6.07, 6.45) is 5.25. The Morgan fingerprint density at radius 3 is 2.88 bits per heavy atom. The summed E-state index contributed by atoms with van der Waals surface area (Å²) < 4.78 is 5.58. The molecule has 1 aromatic carbocycles. The largest absolute Gasteiger partial charge is 0.508 e. The molecule has 0 amide bonds. The quantitative estimate of drug-likeness (QED) is 0.802. The van der Waals surface area contributed by atoms with Gasteiger partial charge in [-0.05, 0) is 25.0 Å². The Labute approximate surface area is 95.4 Å². The molecule has 1 saturated carbocycles. The fraction of sp³-hybridized carbons (Fsp3) is 0.538. The molecule has 0 aromatic heterocycles. The van der Waals surface area contributed by atoms with E-state index in [9.17, 15) is 5.11 Å². The van der Waals surface area contributed by atoms with Gasteiger partial charge >= 0.3 is 0 Å². The molecule has 16 heavy (non-hydrogen) atoms. The SMILES string of the molecule is Oc1ccc2c(c1)OCC2NC1CCCC1. The average molecular weight is 219 g/mol. The van der Waals surface area contributed by atoms with Crippen molar-refractivity contribution in [2.75, 3.05) is 6.61 Å². The van der Waals surface area contributed by atoms with E-state index in [1.807, 2.05) is 6.07 Å². The second-order valence-electron chi connectivity index (χ2n) is 4.73. The smallest absolute Gasteiger partial charge is 0.127 e. The lowest BCUT2D eigenvalue weighted by atomic mass is 10.1. The predicted molar refractivity (Wildman–Crippen MR) is 61.7 cm³/mol. The molecular formula is C13H17NO2. The molecule has 0 bridgehead atoms. The lowest BCUT2D eigenvalue weighted by Gasteiger charge is -2.17. The number of ether oxygens (including phenoxy) is 1. The highest BCUT2D eigenvalue weighted by atomic mass is 16.5. The standard InChI is InChI=1S/C13H17NO2/c15-10-5-6-11-12(8-16-13(11)7-10)14-9-3-1-2-4-9/h5-7,9,12,14-15H,1-4,8H2. The normalized spacial score (nSPS) is 24.4. The maximum atomic E-state index is 9.37. The van der Waals surface area contributed by atoms with Crippen LogP contribution >= 0.6 is 0 Å². The number of hydrogen-bond acceptors (Lipinski definition) is 3. The van der Waals surface area contributed by atoms with Crippen LogP contribution in [-0.4, -0.2) is 17.8 Å². The van der Waals surface area contributed by atoms with Crippen LogP contribution in [0.5, 0.6) is 11.5 Å². The molecule has 86 valence electrons. The van der Waals surface area contributed by atoms with E-state index >= 15 is 0 Å². The molecular weight excluding hydrogens is 202 g/mol. The van der Waals surface area contributed by atoms with Crippen LogP contribution in [0.15, 0.2) is 18.2 Å². The van der Waals surface area contributed by atoms with Crippen LogP contribution < -0.4 is 10.1 Å². The molecule has 0 radical (unpaired) electrons. The molecule has 0 saturated heterocycles. The highest BCUT2D eigenvalue weighted by molar-refractivity contribution is 5.44. The minimum Gasteiger partial charge on any atom is -0.508 e. The fourth-order valence-electron chi connectivity index (χ4n) is 2.71. The summed E-state index contributed by atoms with van der Waals surface area (Å²) in [5.41, 5.74) is 1.18. The summed E-state index contributed by atoms with van der Waals surface area (Å²) in [7, 11) is 0. The van der Waals surface area contributed by atoms with Gasteiger partial charge in [0.1, 0.15) is 18.1 Å².